The van der Waals surface area contributed by atoms with Crippen molar-refractivity contribution < 1.29 is 19.1 Å². The van der Waals surface area contributed by atoms with Crippen LogP contribution in [0, 0.1) is 61.6 Å². The molecule has 0 unspecified atom stereocenters. The fourth-order valence-corrected chi connectivity index (χ4v) is 11.5. The second-order valence-electron chi connectivity index (χ2n) is 16.3. The number of morpholine rings is 1. The van der Waals surface area contributed by atoms with Crippen molar-refractivity contribution in [3.8, 4) is 6.07 Å². The van der Waals surface area contributed by atoms with Gasteiger partial charge in [-0.15, -0.1) is 0 Å². The van der Waals surface area contributed by atoms with Crippen molar-refractivity contribution in [3.05, 3.63) is 23.3 Å². The highest BCUT2D eigenvalue weighted by Gasteiger charge is 2.73. The van der Waals surface area contributed by atoms with Crippen LogP contribution in [-0.2, 0) is 19.1 Å². The molecule has 1 heterocycles. The summed E-state index contributed by atoms with van der Waals surface area (Å²) >= 11 is 0. The number of carbonyl (C=O) groups excluding carboxylic acids is 3. The highest BCUT2D eigenvalue weighted by Crippen LogP contribution is 2.76. The van der Waals surface area contributed by atoms with E-state index in [1.54, 1.807) is 0 Å². The Balaban J connectivity index is 1.36. The van der Waals surface area contributed by atoms with Crippen LogP contribution in [0.5, 0.6) is 0 Å². The molecule has 0 bridgehead atoms. The van der Waals surface area contributed by atoms with Crippen LogP contribution in [-0.4, -0.2) is 48.7 Å². The van der Waals surface area contributed by atoms with Gasteiger partial charge in [-0.05, 0) is 91.9 Å². The molecule has 6 heteroatoms. The van der Waals surface area contributed by atoms with Gasteiger partial charge in [-0.1, -0.05) is 46.3 Å². The molecule has 5 fully saturated rings. The topological polar surface area (TPSA) is 87.5 Å². The molecule has 7 atom stereocenters. The molecular formula is C35H46N2O4. The predicted molar refractivity (Wildman–Crippen MR) is 154 cm³/mol. The van der Waals surface area contributed by atoms with Crippen LogP contribution in [0.4, 0.5) is 0 Å². The van der Waals surface area contributed by atoms with Crippen molar-refractivity contribution in [2.24, 2.45) is 50.2 Å². The van der Waals surface area contributed by atoms with E-state index in [1.165, 1.54) is 0 Å². The Labute approximate surface area is 244 Å². The second kappa shape index (κ2) is 8.43. The van der Waals surface area contributed by atoms with Gasteiger partial charge in [0.2, 0.25) is 5.91 Å². The van der Waals surface area contributed by atoms with E-state index in [1.807, 2.05) is 17.1 Å². The molecule has 7 aliphatic rings. The second-order valence-corrected chi connectivity index (χ2v) is 16.3. The highest BCUT2D eigenvalue weighted by atomic mass is 16.5. The van der Waals surface area contributed by atoms with E-state index in [0.29, 0.717) is 31.9 Å². The summed E-state index contributed by atoms with van der Waals surface area (Å²) in [4.78, 5) is 44.5. The molecule has 0 radical (unpaired) electrons. The number of carbonyl (C=O) groups is 3. The minimum atomic E-state index is -0.487. The Kier molecular flexibility index (Phi) is 5.67. The number of Topliss-reactive ketones (excluding diaryl/α,β-unsaturated/α-hetero) is 1. The molecule has 0 aromatic carbocycles. The zero-order valence-corrected chi connectivity index (χ0v) is 25.6. The Morgan fingerprint density at radius 3 is 2.32 bits per heavy atom. The van der Waals surface area contributed by atoms with Crippen molar-refractivity contribution in [1.29, 1.82) is 5.26 Å². The van der Waals surface area contributed by atoms with Crippen LogP contribution >= 0.6 is 0 Å². The summed E-state index contributed by atoms with van der Waals surface area (Å²) in [6.45, 7) is 14.0. The molecule has 1 aliphatic heterocycles. The van der Waals surface area contributed by atoms with Gasteiger partial charge >= 0.3 is 0 Å². The average Bonchev–Trinajstić information content (AvgIpc) is 3.73. The number of allylic oxidation sites excluding steroid dienone is 4. The van der Waals surface area contributed by atoms with Crippen molar-refractivity contribution in [3.63, 3.8) is 0 Å². The minimum absolute atomic E-state index is 0.0147. The lowest BCUT2D eigenvalue weighted by Crippen LogP contribution is -2.66. The van der Waals surface area contributed by atoms with E-state index in [2.05, 4.69) is 40.7 Å². The Hall–Kier alpha value is -2.26. The number of ketones is 2. The largest absolute Gasteiger partial charge is 0.378 e. The van der Waals surface area contributed by atoms with Crippen LogP contribution in [0.15, 0.2) is 23.3 Å². The number of ether oxygens (including phenoxy) is 1. The third-order valence-electron chi connectivity index (χ3n) is 14.0. The van der Waals surface area contributed by atoms with Gasteiger partial charge in [-0.25, -0.2) is 0 Å². The lowest BCUT2D eigenvalue weighted by Gasteiger charge is -2.68. The first-order valence-electron chi connectivity index (χ1n) is 16.1. The average molecular weight is 559 g/mol. The molecule has 0 aromatic rings. The Morgan fingerprint density at radius 1 is 0.976 bits per heavy atom. The highest BCUT2D eigenvalue weighted by molar-refractivity contribution is 6.06. The van der Waals surface area contributed by atoms with E-state index >= 15 is 0 Å². The van der Waals surface area contributed by atoms with E-state index in [0.717, 1.165) is 63.4 Å². The minimum Gasteiger partial charge on any atom is -0.378 e. The summed E-state index contributed by atoms with van der Waals surface area (Å²) in [6.07, 6.45) is 11.9. The number of hydrogen-bond donors (Lipinski definition) is 0. The Bertz CT molecular complexity index is 1340. The molecule has 6 nitrogen and oxygen atoms in total. The number of fused-ring (bicyclic) bond motifs is 8. The molecular weight excluding hydrogens is 512 g/mol. The molecule has 220 valence electrons. The first-order valence-corrected chi connectivity index (χ1v) is 16.1. The maximum absolute atomic E-state index is 14.7. The lowest BCUT2D eigenvalue weighted by molar-refractivity contribution is -0.186. The van der Waals surface area contributed by atoms with Gasteiger partial charge in [0.15, 0.2) is 11.6 Å². The molecule has 41 heavy (non-hydrogen) atoms. The summed E-state index contributed by atoms with van der Waals surface area (Å²) in [5.74, 6) is 0.430. The fraction of sp³-hybridized carbons (Fsp3) is 0.771. The molecule has 0 aromatic heterocycles. The maximum atomic E-state index is 14.7. The van der Waals surface area contributed by atoms with E-state index in [9.17, 15) is 19.6 Å². The first-order chi connectivity index (χ1) is 19.3. The van der Waals surface area contributed by atoms with Crippen molar-refractivity contribution in [2.45, 2.75) is 92.4 Å². The van der Waals surface area contributed by atoms with Gasteiger partial charge in [0.25, 0.3) is 0 Å². The van der Waals surface area contributed by atoms with Gasteiger partial charge < -0.3 is 9.64 Å². The fourth-order valence-electron chi connectivity index (χ4n) is 11.5. The zero-order chi connectivity index (χ0) is 29.2. The molecule has 6 aliphatic carbocycles. The summed E-state index contributed by atoms with van der Waals surface area (Å²) in [7, 11) is 0. The zero-order valence-electron chi connectivity index (χ0n) is 25.6. The molecule has 4 saturated carbocycles. The third-order valence-corrected chi connectivity index (χ3v) is 14.0. The van der Waals surface area contributed by atoms with E-state index in [4.69, 9.17) is 4.74 Å². The monoisotopic (exact) mass is 558 g/mol. The smallest absolute Gasteiger partial charge is 0.229 e. The molecule has 0 N–H and O–H groups in total. The summed E-state index contributed by atoms with van der Waals surface area (Å²) in [5, 5.41) is 9.97. The molecule has 7 rings (SSSR count). The number of nitriles is 1. The summed E-state index contributed by atoms with van der Waals surface area (Å²) in [6, 6.07) is 2.24. The standard InChI is InChI=1S/C35H46N2O4/c1-30(2)8-10-34(29(40)37-14-16-41-17-15-37)11-9-33(5)27(23(34)20-30)24(38)18-26-31(3)19-22(21-36)28(39)35(12-13-35)25(31)6-7-32(26,33)4/h18-19,23,25,27H,6-17,20H2,1-5H3/t23-,25+,27-,31-,32+,33+,34-/m0/s1. The predicted octanol–water partition coefficient (Wildman–Crippen LogP) is 5.82. The van der Waals surface area contributed by atoms with Gasteiger partial charge in [-0.3, -0.25) is 14.4 Å². The van der Waals surface area contributed by atoms with Crippen molar-refractivity contribution in [2.75, 3.05) is 26.3 Å². The summed E-state index contributed by atoms with van der Waals surface area (Å²) < 4.78 is 5.59. The van der Waals surface area contributed by atoms with Crippen molar-refractivity contribution in [1.82, 2.24) is 4.90 Å². The van der Waals surface area contributed by atoms with E-state index in [-0.39, 0.29) is 51.5 Å². The quantitative estimate of drug-likeness (QED) is 0.405. The van der Waals surface area contributed by atoms with Crippen LogP contribution in [0.3, 0.4) is 0 Å². The van der Waals surface area contributed by atoms with Gasteiger partial charge in [0.1, 0.15) is 6.07 Å². The number of nitrogens with zero attached hydrogens (tertiary/aromatic N) is 2. The molecule has 1 amide bonds. The first kappa shape index (κ1) is 27.6. The normalized spacial score (nSPS) is 45.8. The van der Waals surface area contributed by atoms with Crippen LogP contribution in [0.1, 0.15) is 92.4 Å². The Morgan fingerprint density at radius 2 is 1.66 bits per heavy atom. The van der Waals surface area contributed by atoms with Gasteiger partial charge in [-0.2, -0.15) is 5.26 Å². The number of rotatable bonds is 1. The van der Waals surface area contributed by atoms with Crippen LogP contribution in [0.25, 0.3) is 0 Å². The van der Waals surface area contributed by atoms with E-state index < -0.39 is 16.2 Å². The number of hydrogen-bond acceptors (Lipinski definition) is 5. The molecule has 1 spiro atoms. The van der Waals surface area contributed by atoms with Crippen LogP contribution < -0.4 is 0 Å². The SMILES string of the molecule is CC1(C)CC[C@]2(C(=O)N3CCOCC3)CC[C@]3(C)[C@H](C(=O)C=C4[C@@]5(C)C=C(C#N)C(=O)C6(CC6)[C@@H]5CC[C@]43C)[C@@H]2C1. The summed E-state index contributed by atoms with van der Waals surface area (Å²) in [5.41, 5.74) is -0.378. The lowest BCUT2D eigenvalue weighted by atomic mass is 9.34. The maximum Gasteiger partial charge on any atom is 0.229 e. The van der Waals surface area contributed by atoms with Gasteiger partial charge in [0.05, 0.1) is 24.2 Å². The molecule has 1 saturated heterocycles. The number of amides is 1. The van der Waals surface area contributed by atoms with Crippen LogP contribution in [0.2, 0.25) is 0 Å². The van der Waals surface area contributed by atoms with Crippen molar-refractivity contribution >= 4 is 17.5 Å². The van der Waals surface area contributed by atoms with Gasteiger partial charge in [0, 0.05) is 29.8 Å². The third kappa shape index (κ3) is 3.36.